The first-order valence-corrected chi connectivity index (χ1v) is 11.8. The number of ether oxygens (including phenoxy) is 4. The zero-order chi connectivity index (χ0) is 27.2. The Morgan fingerprint density at radius 1 is 0.895 bits per heavy atom. The van der Waals surface area contributed by atoms with Gasteiger partial charge in [-0.3, -0.25) is 4.79 Å². The van der Waals surface area contributed by atoms with Crippen LogP contribution in [0.1, 0.15) is 21.5 Å². The molecule has 0 fully saturated rings. The number of para-hydroxylation sites is 1. The number of allylic oxidation sites excluding steroid dienone is 1. The van der Waals surface area contributed by atoms with Gasteiger partial charge in [-0.1, -0.05) is 30.4 Å². The highest BCUT2D eigenvalue weighted by atomic mass is 16.5. The minimum absolute atomic E-state index is 0.0154. The number of nitrogens with zero attached hydrogens (tertiary/aromatic N) is 1. The molecule has 0 aliphatic rings. The quantitative estimate of drug-likeness (QED) is 0.118. The maximum Gasteiger partial charge on any atom is 0.203 e. The van der Waals surface area contributed by atoms with Gasteiger partial charge in [-0.15, -0.1) is 0 Å². The number of rotatable bonds is 10. The zero-order valence-electron chi connectivity index (χ0n) is 21.9. The monoisotopic (exact) mass is 514 g/mol. The van der Waals surface area contributed by atoms with Gasteiger partial charge >= 0.3 is 0 Å². The van der Waals surface area contributed by atoms with Crippen LogP contribution >= 0.6 is 0 Å². The second-order valence-corrected chi connectivity index (χ2v) is 8.42. The van der Waals surface area contributed by atoms with Crippen LogP contribution in [-0.2, 0) is 7.05 Å². The number of benzene rings is 3. The zero-order valence-corrected chi connectivity index (χ0v) is 21.9. The number of phenolic OH excluding ortho intramolecular Hbond substituents is 1. The number of aryl methyl sites for hydroxylation is 1. The Hall–Kier alpha value is -4.85. The van der Waals surface area contributed by atoms with Crippen molar-refractivity contribution in [1.29, 1.82) is 0 Å². The van der Waals surface area contributed by atoms with Gasteiger partial charge in [-0.05, 0) is 29.8 Å². The minimum atomic E-state index is -0.130. The first-order valence-electron chi connectivity index (χ1n) is 11.8. The predicted octanol–water partition coefficient (Wildman–Crippen LogP) is 5.90. The van der Waals surface area contributed by atoms with Gasteiger partial charge in [0.2, 0.25) is 5.75 Å². The Kier molecular flexibility index (Phi) is 7.91. The normalized spacial score (nSPS) is 11.3. The standard InChI is InChI=1S/C30H30N2O6/c1-32-18-22(21-8-6-7-9-24(21)32)25(33)12-13-31-23-17-27(35-2)26(34)16-20(23)11-10-19-14-28(36-3)30(38-5)29(15-19)37-4/h6-18,31,34H,1-5H3/b11-10?,13-12-. The number of aromatic nitrogens is 1. The summed E-state index contributed by atoms with van der Waals surface area (Å²) in [5, 5.41) is 14.4. The van der Waals surface area contributed by atoms with Gasteiger partial charge in [0.15, 0.2) is 28.8 Å². The van der Waals surface area contributed by atoms with E-state index < -0.39 is 0 Å². The van der Waals surface area contributed by atoms with E-state index in [0.717, 1.165) is 16.5 Å². The number of hydrogen-bond acceptors (Lipinski definition) is 7. The fraction of sp³-hybridized carbons (Fsp3) is 0.167. The second-order valence-electron chi connectivity index (χ2n) is 8.42. The number of phenols is 1. The van der Waals surface area contributed by atoms with Gasteiger partial charge in [0.1, 0.15) is 0 Å². The van der Waals surface area contributed by atoms with Gasteiger partial charge in [-0.25, -0.2) is 0 Å². The summed E-state index contributed by atoms with van der Waals surface area (Å²) in [6.45, 7) is 0. The largest absolute Gasteiger partial charge is 0.504 e. The van der Waals surface area contributed by atoms with Crippen LogP contribution < -0.4 is 24.3 Å². The average Bonchev–Trinajstić information content (AvgIpc) is 3.28. The van der Waals surface area contributed by atoms with E-state index in [2.05, 4.69) is 5.32 Å². The molecule has 4 aromatic rings. The van der Waals surface area contributed by atoms with Gasteiger partial charge in [0, 0.05) is 59.3 Å². The van der Waals surface area contributed by atoms with E-state index in [1.54, 1.807) is 39.7 Å². The van der Waals surface area contributed by atoms with Crippen molar-refractivity contribution in [2.24, 2.45) is 7.05 Å². The lowest BCUT2D eigenvalue weighted by molar-refractivity contribution is 0.104. The third-order valence-corrected chi connectivity index (χ3v) is 6.13. The summed E-state index contributed by atoms with van der Waals surface area (Å²) in [5.41, 5.74) is 3.69. The van der Waals surface area contributed by atoms with Crippen LogP contribution in [0.2, 0.25) is 0 Å². The molecule has 0 amide bonds. The van der Waals surface area contributed by atoms with Crippen molar-refractivity contribution >= 4 is 34.5 Å². The molecule has 8 nitrogen and oxygen atoms in total. The van der Waals surface area contributed by atoms with E-state index >= 15 is 0 Å². The van der Waals surface area contributed by atoms with Crippen molar-refractivity contribution in [3.8, 4) is 28.7 Å². The lowest BCUT2D eigenvalue weighted by Gasteiger charge is -2.13. The summed E-state index contributed by atoms with van der Waals surface area (Å²) in [6, 6.07) is 14.6. The van der Waals surface area contributed by atoms with Crippen LogP contribution in [0, 0.1) is 0 Å². The van der Waals surface area contributed by atoms with Crippen LogP contribution in [0.5, 0.6) is 28.7 Å². The summed E-state index contributed by atoms with van der Waals surface area (Å²) >= 11 is 0. The van der Waals surface area contributed by atoms with Crippen molar-refractivity contribution in [2.45, 2.75) is 0 Å². The van der Waals surface area contributed by atoms with E-state index in [0.29, 0.717) is 39.8 Å². The van der Waals surface area contributed by atoms with Crippen LogP contribution in [-0.4, -0.2) is 43.9 Å². The number of carbonyl (C=O) groups excluding carboxylic acids is 1. The number of fused-ring (bicyclic) bond motifs is 1. The molecule has 0 aliphatic carbocycles. The molecule has 0 unspecified atom stereocenters. The Morgan fingerprint density at radius 3 is 2.24 bits per heavy atom. The molecule has 4 rings (SSSR count). The molecule has 0 aliphatic heterocycles. The molecule has 3 aromatic carbocycles. The molecular weight excluding hydrogens is 484 g/mol. The van der Waals surface area contributed by atoms with Gasteiger partial charge in [-0.2, -0.15) is 0 Å². The number of ketones is 1. The van der Waals surface area contributed by atoms with E-state index in [4.69, 9.17) is 18.9 Å². The predicted molar refractivity (Wildman–Crippen MR) is 150 cm³/mol. The Bertz CT molecular complexity index is 1510. The van der Waals surface area contributed by atoms with E-state index in [1.807, 2.05) is 66.4 Å². The highest BCUT2D eigenvalue weighted by Crippen LogP contribution is 2.39. The molecule has 0 spiro atoms. The highest BCUT2D eigenvalue weighted by Gasteiger charge is 2.14. The summed E-state index contributed by atoms with van der Waals surface area (Å²) in [7, 11) is 8.05. The molecule has 0 saturated heterocycles. The average molecular weight is 515 g/mol. The summed E-state index contributed by atoms with van der Waals surface area (Å²) < 4.78 is 23.5. The first kappa shape index (κ1) is 26.2. The third kappa shape index (κ3) is 5.29. The molecule has 0 atom stereocenters. The number of methoxy groups -OCH3 is 4. The van der Waals surface area contributed by atoms with E-state index in [-0.39, 0.29) is 11.5 Å². The van der Waals surface area contributed by atoms with Crippen LogP contribution in [0.4, 0.5) is 5.69 Å². The molecule has 38 heavy (non-hydrogen) atoms. The van der Waals surface area contributed by atoms with Crippen LogP contribution in [0.15, 0.2) is 67.0 Å². The maximum absolute atomic E-state index is 13.0. The molecule has 2 N–H and O–H groups in total. The highest BCUT2D eigenvalue weighted by molar-refractivity contribution is 6.13. The van der Waals surface area contributed by atoms with Crippen molar-refractivity contribution < 1.29 is 28.8 Å². The lowest BCUT2D eigenvalue weighted by Crippen LogP contribution is -1.97. The molecule has 1 heterocycles. The summed E-state index contributed by atoms with van der Waals surface area (Å²) in [4.78, 5) is 13.0. The molecule has 196 valence electrons. The smallest absolute Gasteiger partial charge is 0.203 e. The molecule has 0 saturated carbocycles. The SMILES string of the molecule is COc1cc(N/C=C\C(=O)c2cn(C)c3ccccc23)c(C=Cc2cc(OC)c(OC)c(OC)c2)cc1O. The maximum atomic E-state index is 13.0. The van der Waals surface area contributed by atoms with Crippen molar-refractivity contribution in [1.82, 2.24) is 4.57 Å². The second kappa shape index (κ2) is 11.5. The fourth-order valence-corrected chi connectivity index (χ4v) is 4.23. The van der Waals surface area contributed by atoms with Crippen molar-refractivity contribution in [3.63, 3.8) is 0 Å². The summed E-state index contributed by atoms with van der Waals surface area (Å²) in [5.74, 6) is 1.70. The van der Waals surface area contributed by atoms with Crippen molar-refractivity contribution in [2.75, 3.05) is 33.8 Å². The topological polar surface area (TPSA) is 91.2 Å². The fourth-order valence-electron chi connectivity index (χ4n) is 4.23. The van der Waals surface area contributed by atoms with Crippen molar-refractivity contribution in [3.05, 3.63) is 83.7 Å². The van der Waals surface area contributed by atoms with E-state index in [1.165, 1.54) is 13.2 Å². The molecule has 0 bridgehead atoms. The Balaban J connectivity index is 1.63. The van der Waals surface area contributed by atoms with Crippen LogP contribution in [0.3, 0.4) is 0 Å². The number of hydrogen-bond donors (Lipinski definition) is 2. The number of carbonyl (C=O) groups is 1. The first-order chi connectivity index (χ1) is 18.4. The lowest BCUT2D eigenvalue weighted by atomic mass is 10.1. The third-order valence-electron chi connectivity index (χ3n) is 6.13. The molecule has 0 radical (unpaired) electrons. The number of nitrogens with one attached hydrogen (secondary N) is 1. The molecule has 8 heteroatoms. The Morgan fingerprint density at radius 2 is 1.58 bits per heavy atom. The summed E-state index contributed by atoms with van der Waals surface area (Å²) in [6.07, 6.45) is 8.55. The van der Waals surface area contributed by atoms with Gasteiger partial charge in [0.05, 0.1) is 28.4 Å². The Labute approximate surface area is 221 Å². The number of anilines is 1. The molecule has 1 aromatic heterocycles. The number of aromatic hydroxyl groups is 1. The van der Waals surface area contributed by atoms with Gasteiger partial charge in [0.25, 0.3) is 0 Å². The van der Waals surface area contributed by atoms with E-state index in [9.17, 15) is 9.90 Å². The minimum Gasteiger partial charge on any atom is -0.504 e. The van der Waals surface area contributed by atoms with Gasteiger partial charge < -0.3 is 33.9 Å². The van der Waals surface area contributed by atoms with Crippen LogP contribution in [0.25, 0.3) is 23.1 Å². The molecular formula is C30H30N2O6.